The van der Waals surface area contributed by atoms with Crippen molar-refractivity contribution in [3.63, 3.8) is 0 Å². The van der Waals surface area contributed by atoms with Gasteiger partial charge in [0, 0.05) is 27.3 Å². The van der Waals surface area contributed by atoms with E-state index >= 15 is 0 Å². The minimum absolute atomic E-state index is 1.04. The monoisotopic (exact) mass is 231 g/mol. The molecule has 1 aromatic rings. The van der Waals surface area contributed by atoms with Gasteiger partial charge in [0.2, 0.25) is 0 Å². The first-order valence-corrected chi connectivity index (χ1v) is 5.37. The summed E-state index contributed by atoms with van der Waals surface area (Å²) in [6.07, 6.45) is 1.20. The molecule has 0 atom stereocenters. The van der Waals surface area contributed by atoms with Gasteiger partial charge in [-0.3, -0.25) is 0 Å². The molecule has 0 amide bonds. The van der Waals surface area contributed by atoms with Crippen LogP contribution in [0.4, 0.5) is 0 Å². The molecule has 60 valence electrons. The van der Waals surface area contributed by atoms with Crippen molar-refractivity contribution in [2.75, 3.05) is 6.54 Å². The smallest absolute Gasteiger partial charge is 0.0359 e. The van der Waals surface area contributed by atoms with Crippen LogP contribution >= 0.6 is 27.3 Å². The van der Waals surface area contributed by atoms with Crippen molar-refractivity contribution in [3.8, 4) is 0 Å². The van der Waals surface area contributed by atoms with E-state index in [1.807, 2.05) is 11.3 Å². The van der Waals surface area contributed by atoms with Crippen LogP contribution in [0.25, 0.3) is 0 Å². The van der Waals surface area contributed by atoms with E-state index in [1.165, 1.54) is 21.3 Å². The average Bonchev–Trinajstić information content (AvgIpc) is 2.30. The van der Waals surface area contributed by atoms with Gasteiger partial charge in [-0.05, 0) is 34.8 Å². The van der Waals surface area contributed by atoms with E-state index in [1.54, 1.807) is 4.88 Å². The zero-order chi connectivity index (χ0) is 7.84. The molecule has 1 nitrogen and oxygen atoms in total. The summed E-state index contributed by atoms with van der Waals surface area (Å²) in [5, 5.41) is 3.37. The van der Waals surface area contributed by atoms with E-state index in [-0.39, 0.29) is 0 Å². The van der Waals surface area contributed by atoms with Crippen LogP contribution < -0.4 is 5.32 Å². The molecule has 0 radical (unpaired) electrons. The lowest BCUT2D eigenvalue weighted by atomic mass is 10.1. The minimum Gasteiger partial charge on any atom is -0.312 e. The van der Waals surface area contributed by atoms with E-state index in [2.05, 4.69) is 28.2 Å². The van der Waals surface area contributed by atoms with Crippen LogP contribution in [0.5, 0.6) is 0 Å². The van der Waals surface area contributed by atoms with Crippen molar-refractivity contribution in [2.45, 2.75) is 19.9 Å². The highest BCUT2D eigenvalue weighted by Crippen LogP contribution is 2.34. The predicted molar refractivity (Wildman–Crippen MR) is 52.2 cm³/mol. The second kappa shape index (κ2) is 2.88. The summed E-state index contributed by atoms with van der Waals surface area (Å²) >= 11 is 5.54. The summed E-state index contributed by atoms with van der Waals surface area (Å²) in [5.74, 6) is 0. The molecule has 0 saturated carbocycles. The highest BCUT2D eigenvalue weighted by Gasteiger charge is 2.15. The van der Waals surface area contributed by atoms with Gasteiger partial charge >= 0.3 is 0 Å². The van der Waals surface area contributed by atoms with Gasteiger partial charge < -0.3 is 5.32 Å². The molecule has 0 fully saturated rings. The molecule has 0 unspecified atom stereocenters. The predicted octanol–water partition coefficient (Wildman–Crippen LogP) is 2.46. The Morgan fingerprint density at radius 3 is 3.09 bits per heavy atom. The maximum Gasteiger partial charge on any atom is 0.0359 e. The highest BCUT2D eigenvalue weighted by atomic mass is 79.9. The molecule has 11 heavy (non-hydrogen) atoms. The normalized spacial score (nSPS) is 16.5. The molecular weight excluding hydrogens is 222 g/mol. The van der Waals surface area contributed by atoms with Crippen molar-refractivity contribution in [1.29, 1.82) is 0 Å². The third-order valence-electron chi connectivity index (χ3n) is 2.02. The first-order valence-electron chi connectivity index (χ1n) is 3.76. The fourth-order valence-corrected chi connectivity index (χ4v) is 3.26. The first-order chi connectivity index (χ1) is 5.29. The maximum absolute atomic E-state index is 3.61. The molecule has 1 aliphatic heterocycles. The number of aryl methyl sites for hydroxylation is 1. The average molecular weight is 232 g/mol. The Bertz CT molecular complexity index is 280. The first kappa shape index (κ1) is 7.77. The Morgan fingerprint density at radius 2 is 2.36 bits per heavy atom. The number of nitrogens with one attached hydrogen (secondary N) is 1. The summed E-state index contributed by atoms with van der Waals surface area (Å²) in [4.78, 5) is 2.98. The largest absolute Gasteiger partial charge is 0.312 e. The fraction of sp³-hybridized carbons (Fsp3) is 0.500. The molecule has 0 bridgehead atoms. The summed E-state index contributed by atoms with van der Waals surface area (Å²) in [6, 6.07) is 0. The van der Waals surface area contributed by atoms with Gasteiger partial charge in [-0.2, -0.15) is 0 Å². The number of hydrogen-bond donors (Lipinski definition) is 1. The number of thiophene rings is 1. The van der Waals surface area contributed by atoms with Crippen LogP contribution in [0.2, 0.25) is 0 Å². The molecule has 1 aromatic heterocycles. The van der Waals surface area contributed by atoms with Gasteiger partial charge in [-0.25, -0.2) is 0 Å². The molecular formula is C8H10BrNS. The number of hydrogen-bond acceptors (Lipinski definition) is 2. The Labute approximate surface area is 78.9 Å². The van der Waals surface area contributed by atoms with E-state index in [0.717, 1.165) is 13.1 Å². The number of fused-ring (bicyclic) bond motifs is 1. The van der Waals surface area contributed by atoms with E-state index < -0.39 is 0 Å². The van der Waals surface area contributed by atoms with Gasteiger partial charge in [0.25, 0.3) is 0 Å². The Morgan fingerprint density at radius 1 is 1.55 bits per heavy atom. The van der Waals surface area contributed by atoms with Crippen molar-refractivity contribution >= 4 is 27.3 Å². The molecule has 0 spiro atoms. The zero-order valence-corrected chi connectivity index (χ0v) is 8.81. The Balaban J connectivity index is 2.50. The summed E-state index contributed by atoms with van der Waals surface area (Å²) < 4.78 is 1.32. The van der Waals surface area contributed by atoms with Crippen molar-refractivity contribution in [1.82, 2.24) is 5.32 Å². The lowest BCUT2D eigenvalue weighted by Gasteiger charge is -2.12. The molecule has 1 aliphatic rings. The molecule has 0 saturated heterocycles. The fourth-order valence-electron chi connectivity index (χ4n) is 1.42. The van der Waals surface area contributed by atoms with Crippen LogP contribution in [0.1, 0.15) is 15.3 Å². The van der Waals surface area contributed by atoms with Crippen LogP contribution in [0.15, 0.2) is 4.47 Å². The standard InChI is InChI=1S/C8H10BrNS/c1-5-8(9)6-4-10-3-2-7(6)11-5/h10H,2-4H2,1H3. The van der Waals surface area contributed by atoms with Crippen molar-refractivity contribution in [2.24, 2.45) is 0 Å². The molecule has 1 N–H and O–H groups in total. The SMILES string of the molecule is Cc1sc2c(c1Br)CNCC2. The lowest BCUT2D eigenvalue weighted by molar-refractivity contribution is 0.651. The molecule has 2 heterocycles. The van der Waals surface area contributed by atoms with Gasteiger partial charge in [-0.1, -0.05) is 0 Å². The zero-order valence-electron chi connectivity index (χ0n) is 6.41. The molecule has 3 heteroatoms. The molecule has 0 aliphatic carbocycles. The molecule has 0 aromatic carbocycles. The maximum atomic E-state index is 3.61. The van der Waals surface area contributed by atoms with Crippen molar-refractivity contribution < 1.29 is 0 Å². The van der Waals surface area contributed by atoms with Crippen molar-refractivity contribution in [3.05, 3.63) is 19.8 Å². The Hall–Kier alpha value is 0.140. The second-order valence-electron chi connectivity index (χ2n) is 2.80. The van der Waals surface area contributed by atoms with Crippen LogP contribution in [-0.4, -0.2) is 6.54 Å². The van der Waals surface area contributed by atoms with E-state index in [0.29, 0.717) is 0 Å². The minimum atomic E-state index is 1.04. The topological polar surface area (TPSA) is 12.0 Å². The number of rotatable bonds is 0. The van der Waals surface area contributed by atoms with Crippen LogP contribution in [-0.2, 0) is 13.0 Å². The Kier molecular flexibility index (Phi) is 2.04. The van der Waals surface area contributed by atoms with Crippen LogP contribution in [0.3, 0.4) is 0 Å². The van der Waals surface area contributed by atoms with E-state index in [9.17, 15) is 0 Å². The summed E-state index contributed by atoms with van der Waals surface area (Å²) in [5.41, 5.74) is 1.48. The highest BCUT2D eigenvalue weighted by molar-refractivity contribution is 9.10. The van der Waals surface area contributed by atoms with E-state index in [4.69, 9.17) is 0 Å². The van der Waals surface area contributed by atoms with Gasteiger partial charge in [0.05, 0.1) is 0 Å². The lowest BCUT2D eigenvalue weighted by Crippen LogP contribution is -2.22. The number of halogens is 1. The third kappa shape index (κ3) is 1.25. The van der Waals surface area contributed by atoms with Crippen LogP contribution in [0, 0.1) is 6.92 Å². The second-order valence-corrected chi connectivity index (χ2v) is 4.90. The van der Waals surface area contributed by atoms with Gasteiger partial charge in [0.15, 0.2) is 0 Å². The van der Waals surface area contributed by atoms with Gasteiger partial charge in [0.1, 0.15) is 0 Å². The quantitative estimate of drug-likeness (QED) is 0.724. The third-order valence-corrected chi connectivity index (χ3v) is 4.56. The summed E-state index contributed by atoms with van der Waals surface area (Å²) in [6.45, 7) is 4.35. The summed E-state index contributed by atoms with van der Waals surface area (Å²) in [7, 11) is 0. The van der Waals surface area contributed by atoms with Gasteiger partial charge in [-0.15, -0.1) is 11.3 Å². The molecule has 2 rings (SSSR count).